The average Bonchev–Trinajstić information content (AvgIpc) is 3.34. The van der Waals surface area contributed by atoms with Crippen molar-refractivity contribution in [2.24, 2.45) is 0 Å². The van der Waals surface area contributed by atoms with E-state index >= 15 is 0 Å². The third kappa shape index (κ3) is 2.32. The Morgan fingerprint density at radius 2 is 2.32 bits per heavy atom. The number of hydrogen-bond acceptors (Lipinski definition) is 2. The maximum Gasteiger partial charge on any atom is 0.315 e. The predicted octanol–water partition coefficient (Wildman–Crippen LogP) is 0.770. The molecular formula is C16H17N5O+2. The topological polar surface area (TPSA) is 76.0 Å². The number of rotatable bonds is 4. The van der Waals surface area contributed by atoms with Crippen LogP contribution in [0.5, 0.6) is 0 Å². The van der Waals surface area contributed by atoms with Gasteiger partial charge in [-0.2, -0.15) is 4.40 Å². The number of pyridine rings is 1. The Balaban J connectivity index is 1.61. The summed E-state index contributed by atoms with van der Waals surface area (Å²) in [6.45, 7) is 0.371. The molecule has 1 aliphatic rings. The molecule has 0 atom stereocenters. The lowest BCUT2D eigenvalue weighted by atomic mass is 10.3. The number of fused-ring (bicyclic) bond motifs is 1. The fraction of sp³-hybridized carbons (Fsp3) is 0.250. The Morgan fingerprint density at radius 3 is 3.09 bits per heavy atom. The molecule has 0 aliphatic heterocycles. The van der Waals surface area contributed by atoms with Crippen LogP contribution in [0.4, 0.5) is 0 Å². The molecule has 1 amide bonds. The first-order chi connectivity index (χ1) is 10.8. The van der Waals surface area contributed by atoms with E-state index in [9.17, 15) is 4.79 Å². The molecule has 1 fully saturated rings. The zero-order chi connectivity index (χ0) is 14.9. The molecule has 3 aromatic rings. The third-order valence-electron chi connectivity index (χ3n) is 3.90. The molecule has 6 nitrogen and oxygen atoms in total. The highest BCUT2D eigenvalue weighted by Gasteiger charge is 2.35. The first-order valence-electron chi connectivity index (χ1n) is 7.45. The Bertz CT molecular complexity index is 823. The van der Waals surface area contributed by atoms with E-state index in [1.165, 1.54) is 12.8 Å². The second kappa shape index (κ2) is 5.22. The number of hydrogen-bond donors (Lipinski definition) is 2. The minimum atomic E-state index is -0.116. The van der Waals surface area contributed by atoms with E-state index in [0.29, 0.717) is 18.2 Å². The maximum absolute atomic E-state index is 12.5. The Kier molecular flexibility index (Phi) is 3.07. The smallest absolute Gasteiger partial charge is 0.315 e. The number of aromatic nitrogens is 4. The van der Waals surface area contributed by atoms with Crippen molar-refractivity contribution in [1.29, 1.82) is 0 Å². The molecule has 3 N–H and O–H groups in total. The van der Waals surface area contributed by atoms with E-state index in [4.69, 9.17) is 0 Å². The molecule has 0 bridgehead atoms. The number of carbonyl (C=O) groups excluding carboxylic acids is 1. The highest BCUT2D eigenvalue weighted by atomic mass is 16.1. The Hall–Kier alpha value is -2.76. The van der Waals surface area contributed by atoms with Crippen LogP contribution >= 0.6 is 0 Å². The number of nitrogens with zero attached hydrogens (tertiary/aromatic N) is 2. The largest absolute Gasteiger partial charge is 0.337 e. The highest BCUT2D eigenvalue weighted by molar-refractivity contribution is 5.97. The summed E-state index contributed by atoms with van der Waals surface area (Å²) in [6, 6.07) is 7.70. The first-order valence-corrected chi connectivity index (χ1v) is 7.45. The molecule has 3 aromatic heterocycles. The van der Waals surface area contributed by atoms with Crippen molar-refractivity contribution in [3.8, 4) is 0 Å². The summed E-state index contributed by atoms with van der Waals surface area (Å²) in [7, 11) is 0. The van der Waals surface area contributed by atoms with Crippen LogP contribution in [-0.2, 0) is 6.54 Å². The lowest BCUT2D eigenvalue weighted by Crippen LogP contribution is -2.28. The fourth-order valence-electron chi connectivity index (χ4n) is 2.64. The van der Waals surface area contributed by atoms with Crippen molar-refractivity contribution in [1.82, 2.24) is 15.3 Å². The molecule has 0 aromatic carbocycles. The van der Waals surface area contributed by atoms with E-state index in [0.717, 1.165) is 17.2 Å². The number of H-pyrrole nitrogens is 2. The second-order valence-corrected chi connectivity index (χ2v) is 5.53. The highest BCUT2D eigenvalue weighted by Crippen LogP contribution is 2.37. The fourth-order valence-corrected chi connectivity index (χ4v) is 2.64. The number of amides is 1. The summed E-state index contributed by atoms with van der Waals surface area (Å²) in [6.07, 6.45) is 7.86. The van der Waals surface area contributed by atoms with Gasteiger partial charge in [-0.25, -0.2) is 9.97 Å². The van der Waals surface area contributed by atoms with E-state index in [1.54, 1.807) is 12.4 Å². The quantitative estimate of drug-likeness (QED) is 0.698. The van der Waals surface area contributed by atoms with Crippen molar-refractivity contribution in [3.05, 3.63) is 60.2 Å². The zero-order valence-electron chi connectivity index (χ0n) is 12.0. The van der Waals surface area contributed by atoms with Gasteiger partial charge in [0, 0.05) is 6.07 Å². The number of imidazole rings is 1. The zero-order valence-corrected chi connectivity index (χ0v) is 12.0. The van der Waals surface area contributed by atoms with Gasteiger partial charge in [0.05, 0.1) is 18.3 Å². The normalized spacial score (nSPS) is 14.2. The van der Waals surface area contributed by atoms with Crippen molar-refractivity contribution in [2.45, 2.75) is 25.3 Å². The summed E-state index contributed by atoms with van der Waals surface area (Å²) >= 11 is 0. The van der Waals surface area contributed by atoms with Gasteiger partial charge in [-0.1, -0.05) is 11.1 Å². The van der Waals surface area contributed by atoms with Crippen LogP contribution in [-0.4, -0.2) is 15.9 Å². The lowest BCUT2D eigenvalue weighted by molar-refractivity contribution is -0.521. The lowest BCUT2D eigenvalue weighted by Gasteiger charge is -1.96. The molecule has 0 saturated heterocycles. The summed E-state index contributed by atoms with van der Waals surface area (Å²) in [5.41, 5.74) is 1.52. The second-order valence-electron chi connectivity index (χ2n) is 5.53. The number of carbonyl (C=O) groups is 1. The number of nitrogens with one attached hydrogen (secondary N) is 3. The van der Waals surface area contributed by atoms with Crippen LogP contribution < -0.4 is 14.7 Å². The molecule has 0 spiro atoms. The molecule has 4 rings (SSSR count). The summed E-state index contributed by atoms with van der Waals surface area (Å²) in [5, 5.41) is 2.90. The molecule has 110 valence electrons. The van der Waals surface area contributed by atoms with Gasteiger partial charge >= 0.3 is 5.82 Å². The van der Waals surface area contributed by atoms with Gasteiger partial charge < -0.3 is 5.32 Å². The molecular weight excluding hydrogens is 278 g/mol. The van der Waals surface area contributed by atoms with Crippen LogP contribution in [0.25, 0.3) is 5.52 Å². The minimum absolute atomic E-state index is 0.116. The molecule has 6 heteroatoms. The van der Waals surface area contributed by atoms with E-state index in [2.05, 4.69) is 24.7 Å². The molecule has 0 unspecified atom stereocenters. The van der Waals surface area contributed by atoms with Gasteiger partial charge in [0.25, 0.3) is 11.7 Å². The van der Waals surface area contributed by atoms with E-state index in [-0.39, 0.29) is 5.91 Å². The van der Waals surface area contributed by atoms with Crippen LogP contribution in [0, 0.1) is 0 Å². The van der Waals surface area contributed by atoms with Crippen molar-refractivity contribution >= 4 is 11.4 Å². The van der Waals surface area contributed by atoms with E-state index < -0.39 is 0 Å². The van der Waals surface area contributed by atoms with Crippen LogP contribution in [0.2, 0.25) is 0 Å². The maximum atomic E-state index is 12.5. The summed E-state index contributed by atoms with van der Waals surface area (Å²) in [5.74, 6) is 2.27. The van der Waals surface area contributed by atoms with Crippen molar-refractivity contribution in [3.63, 3.8) is 0 Å². The predicted molar refractivity (Wildman–Crippen MR) is 77.9 cm³/mol. The molecule has 22 heavy (non-hydrogen) atoms. The molecule has 1 aliphatic carbocycles. The van der Waals surface area contributed by atoms with Gasteiger partial charge in [0.1, 0.15) is 12.7 Å². The summed E-state index contributed by atoms with van der Waals surface area (Å²) < 4.78 is 2.08. The van der Waals surface area contributed by atoms with Crippen molar-refractivity contribution < 1.29 is 14.2 Å². The van der Waals surface area contributed by atoms with Crippen molar-refractivity contribution in [2.75, 3.05) is 0 Å². The number of aromatic amines is 2. The molecule has 3 heterocycles. The monoisotopic (exact) mass is 295 g/mol. The Labute approximate surface area is 127 Å². The van der Waals surface area contributed by atoms with Gasteiger partial charge in [-0.05, 0) is 25.0 Å². The molecule has 0 radical (unpaired) electrons. The molecule has 1 saturated carbocycles. The summed E-state index contributed by atoms with van der Waals surface area (Å²) in [4.78, 5) is 23.0. The van der Waals surface area contributed by atoms with Gasteiger partial charge in [0.2, 0.25) is 5.69 Å². The van der Waals surface area contributed by atoms with Crippen LogP contribution in [0.15, 0.2) is 42.9 Å². The van der Waals surface area contributed by atoms with Gasteiger partial charge in [-0.3, -0.25) is 4.79 Å². The third-order valence-corrected chi connectivity index (χ3v) is 3.90. The first kappa shape index (κ1) is 12.9. The standard InChI is InChI=1S/C16H15N5O/c22-16(19-10-13-17-7-3-8-18-13)14-12-4-1-2-9-21(12)15(20-14)11-5-6-11/h1-4,7-9,11H,5-6,10H2,(H,19,22)/p+2. The van der Waals surface area contributed by atoms with Gasteiger partial charge in [0.15, 0.2) is 5.52 Å². The van der Waals surface area contributed by atoms with Crippen LogP contribution in [0.1, 0.15) is 40.9 Å². The Morgan fingerprint density at radius 1 is 1.41 bits per heavy atom. The van der Waals surface area contributed by atoms with E-state index in [1.807, 2.05) is 30.5 Å². The minimum Gasteiger partial charge on any atom is -0.337 e. The average molecular weight is 295 g/mol. The van der Waals surface area contributed by atoms with Gasteiger partial charge in [-0.15, -0.1) is 0 Å². The van der Waals surface area contributed by atoms with Crippen LogP contribution in [0.3, 0.4) is 0 Å². The SMILES string of the molecule is O=C(NCc1nccc[nH+]1)c1[nH]c(C2CC2)[n+]2ccccc12.